The van der Waals surface area contributed by atoms with Crippen molar-refractivity contribution in [1.82, 2.24) is 20.3 Å². The van der Waals surface area contributed by atoms with Crippen molar-refractivity contribution in [3.63, 3.8) is 0 Å². The number of aryl methyl sites for hydroxylation is 1. The molecule has 8 nitrogen and oxygen atoms in total. The van der Waals surface area contributed by atoms with Gasteiger partial charge in [-0.1, -0.05) is 35.1 Å². The molecule has 164 valence electrons. The Balaban J connectivity index is 1.62. The third-order valence-electron chi connectivity index (χ3n) is 5.15. The summed E-state index contributed by atoms with van der Waals surface area (Å²) < 4.78 is 0. The minimum atomic E-state index is -0.912. The Kier molecular flexibility index (Phi) is 6.29. The van der Waals surface area contributed by atoms with Crippen molar-refractivity contribution in [3.05, 3.63) is 65.9 Å². The number of aliphatic carboxylic acids is 1. The van der Waals surface area contributed by atoms with E-state index in [0.717, 1.165) is 21.9 Å². The number of thiazole rings is 1. The summed E-state index contributed by atoms with van der Waals surface area (Å²) >= 11 is 1.40. The van der Waals surface area contributed by atoms with Crippen LogP contribution in [-0.4, -0.2) is 46.7 Å². The maximum absolute atomic E-state index is 11.7. The number of hydrogen-bond acceptors (Lipinski definition) is 8. The number of anilines is 4. The van der Waals surface area contributed by atoms with E-state index < -0.39 is 11.9 Å². The van der Waals surface area contributed by atoms with Gasteiger partial charge >= 0.3 is 5.97 Å². The van der Waals surface area contributed by atoms with Gasteiger partial charge in [0.25, 0.3) is 0 Å². The molecule has 3 heterocycles. The topological polar surface area (TPSA) is 103 Å². The normalized spacial score (nSPS) is 12.0. The SMILES string of the molecule is CNCC(C(=O)O)c1cccnc1Nc1nc2ccc(N(C)c3ccc(C)cc3)nc2s1. The van der Waals surface area contributed by atoms with Crippen LogP contribution in [0, 0.1) is 6.92 Å². The summed E-state index contributed by atoms with van der Waals surface area (Å²) in [5, 5.41) is 16.4. The predicted molar refractivity (Wildman–Crippen MR) is 128 cm³/mol. The largest absolute Gasteiger partial charge is 0.481 e. The van der Waals surface area contributed by atoms with Gasteiger partial charge < -0.3 is 20.6 Å². The smallest absolute Gasteiger partial charge is 0.312 e. The summed E-state index contributed by atoms with van der Waals surface area (Å²) in [5.41, 5.74) is 3.62. The Hall–Kier alpha value is -3.56. The first-order valence-electron chi connectivity index (χ1n) is 10.1. The average molecular weight is 449 g/mol. The van der Waals surface area contributed by atoms with Crippen molar-refractivity contribution >= 4 is 50.1 Å². The number of nitrogens with zero attached hydrogens (tertiary/aromatic N) is 4. The summed E-state index contributed by atoms with van der Waals surface area (Å²) in [5.74, 6) is -0.343. The van der Waals surface area contributed by atoms with Crippen molar-refractivity contribution in [3.8, 4) is 0 Å². The van der Waals surface area contributed by atoms with Gasteiger partial charge in [0.2, 0.25) is 0 Å². The van der Waals surface area contributed by atoms with Crippen molar-refractivity contribution in [1.29, 1.82) is 0 Å². The Bertz CT molecular complexity index is 1240. The zero-order valence-electron chi connectivity index (χ0n) is 18.0. The van der Waals surface area contributed by atoms with E-state index in [1.165, 1.54) is 16.9 Å². The summed E-state index contributed by atoms with van der Waals surface area (Å²) in [4.78, 5) is 28.3. The van der Waals surface area contributed by atoms with Gasteiger partial charge in [0.1, 0.15) is 22.0 Å². The highest BCUT2D eigenvalue weighted by Gasteiger charge is 2.23. The number of carboxylic acids is 1. The number of fused-ring (bicyclic) bond motifs is 1. The van der Waals surface area contributed by atoms with E-state index in [4.69, 9.17) is 4.98 Å². The molecular weight excluding hydrogens is 424 g/mol. The average Bonchev–Trinajstić information content (AvgIpc) is 3.19. The summed E-state index contributed by atoms with van der Waals surface area (Å²) in [7, 11) is 3.71. The Morgan fingerprint density at radius 2 is 1.94 bits per heavy atom. The second kappa shape index (κ2) is 9.29. The van der Waals surface area contributed by atoms with Crippen LogP contribution in [0.3, 0.4) is 0 Å². The monoisotopic (exact) mass is 448 g/mol. The molecule has 1 atom stereocenters. The van der Waals surface area contributed by atoms with E-state index in [1.54, 1.807) is 25.4 Å². The van der Waals surface area contributed by atoms with Crippen molar-refractivity contribution in [2.24, 2.45) is 0 Å². The summed E-state index contributed by atoms with van der Waals surface area (Å²) in [6.07, 6.45) is 1.63. The lowest BCUT2D eigenvalue weighted by Gasteiger charge is -2.18. The maximum atomic E-state index is 11.7. The summed E-state index contributed by atoms with van der Waals surface area (Å²) in [6.45, 7) is 2.36. The minimum Gasteiger partial charge on any atom is -0.481 e. The lowest BCUT2D eigenvalue weighted by atomic mass is 10.00. The second-order valence-electron chi connectivity index (χ2n) is 7.42. The number of nitrogens with one attached hydrogen (secondary N) is 2. The Morgan fingerprint density at radius 1 is 1.16 bits per heavy atom. The van der Waals surface area contributed by atoms with Crippen LogP contribution in [0.15, 0.2) is 54.7 Å². The number of aromatic nitrogens is 3. The lowest BCUT2D eigenvalue weighted by Crippen LogP contribution is -2.25. The first-order valence-corrected chi connectivity index (χ1v) is 10.9. The molecule has 3 aromatic heterocycles. The van der Waals surface area contributed by atoms with Crippen LogP contribution < -0.4 is 15.5 Å². The van der Waals surface area contributed by atoms with Crippen molar-refractivity contribution < 1.29 is 9.90 Å². The molecule has 4 rings (SSSR count). The van der Waals surface area contributed by atoms with Gasteiger partial charge in [-0.05, 0) is 44.3 Å². The lowest BCUT2D eigenvalue weighted by molar-refractivity contribution is -0.138. The maximum Gasteiger partial charge on any atom is 0.312 e. The zero-order chi connectivity index (χ0) is 22.7. The number of carbonyl (C=O) groups is 1. The standard InChI is InChI=1S/C23H24N6O2S/c1-14-6-8-15(9-7-14)29(3)19-11-10-18-21(27-19)32-23(26-18)28-20-16(5-4-12-25-20)17(13-24-2)22(30)31/h4-12,17,24H,13H2,1-3H3,(H,30,31)(H,25,26,28). The van der Waals surface area contributed by atoms with Crippen LogP contribution in [-0.2, 0) is 4.79 Å². The van der Waals surface area contributed by atoms with E-state index in [9.17, 15) is 9.90 Å². The number of rotatable bonds is 8. The van der Waals surface area contributed by atoms with Gasteiger partial charge in [0.15, 0.2) is 5.13 Å². The minimum absolute atomic E-state index is 0.297. The molecule has 3 N–H and O–H groups in total. The molecule has 0 aliphatic carbocycles. The summed E-state index contributed by atoms with van der Waals surface area (Å²) in [6, 6.07) is 15.6. The highest BCUT2D eigenvalue weighted by atomic mass is 32.1. The molecule has 4 aromatic rings. The predicted octanol–water partition coefficient (Wildman–Crippen LogP) is 4.29. The first kappa shape index (κ1) is 21.7. The molecule has 0 spiro atoms. The van der Waals surface area contributed by atoms with Gasteiger partial charge in [0, 0.05) is 31.0 Å². The van der Waals surface area contributed by atoms with Gasteiger partial charge in [0.05, 0.1) is 5.92 Å². The van der Waals surface area contributed by atoms with Crippen LogP contribution in [0.2, 0.25) is 0 Å². The highest BCUT2D eigenvalue weighted by Crippen LogP contribution is 2.32. The van der Waals surface area contributed by atoms with Crippen LogP contribution in [0.4, 0.5) is 22.5 Å². The number of hydrogen-bond donors (Lipinski definition) is 3. The Morgan fingerprint density at radius 3 is 2.66 bits per heavy atom. The van der Waals surface area contributed by atoms with Crippen LogP contribution in [0.1, 0.15) is 17.0 Å². The fraction of sp³-hybridized carbons (Fsp3) is 0.217. The zero-order valence-corrected chi connectivity index (χ0v) is 18.8. The van der Waals surface area contributed by atoms with Gasteiger partial charge in [-0.25, -0.2) is 15.0 Å². The molecular formula is C23H24N6O2S. The van der Waals surface area contributed by atoms with Gasteiger partial charge in [-0.15, -0.1) is 0 Å². The molecule has 0 radical (unpaired) electrons. The fourth-order valence-corrected chi connectivity index (χ4v) is 4.22. The van der Waals surface area contributed by atoms with Gasteiger partial charge in [-0.2, -0.15) is 0 Å². The number of pyridine rings is 2. The quantitative estimate of drug-likeness (QED) is 0.367. The molecule has 0 bridgehead atoms. The fourth-order valence-electron chi connectivity index (χ4n) is 3.39. The van der Waals surface area contributed by atoms with E-state index in [2.05, 4.69) is 51.8 Å². The molecule has 0 aliphatic heterocycles. The van der Waals surface area contributed by atoms with E-state index in [0.29, 0.717) is 23.1 Å². The van der Waals surface area contributed by atoms with Crippen molar-refractivity contribution in [2.45, 2.75) is 12.8 Å². The van der Waals surface area contributed by atoms with Crippen molar-refractivity contribution in [2.75, 3.05) is 30.9 Å². The highest BCUT2D eigenvalue weighted by molar-refractivity contribution is 7.21. The van der Waals surface area contributed by atoms with E-state index in [1.807, 2.05) is 24.1 Å². The molecule has 1 aromatic carbocycles. The first-order chi connectivity index (χ1) is 15.5. The Labute approximate surface area is 190 Å². The molecule has 0 amide bonds. The molecule has 9 heteroatoms. The molecule has 0 saturated heterocycles. The van der Waals surface area contributed by atoms with Crippen LogP contribution in [0.25, 0.3) is 10.3 Å². The second-order valence-corrected chi connectivity index (χ2v) is 8.40. The number of likely N-dealkylation sites (N-methyl/N-ethyl adjacent to an activating group) is 1. The van der Waals surface area contributed by atoms with Crippen LogP contribution in [0.5, 0.6) is 0 Å². The van der Waals surface area contributed by atoms with Gasteiger partial charge in [-0.3, -0.25) is 4.79 Å². The molecule has 32 heavy (non-hydrogen) atoms. The van der Waals surface area contributed by atoms with Crippen LogP contribution >= 0.6 is 11.3 Å². The molecule has 0 aliphatic rings. The number of benzene rings is 1. The van der Waals surface area contributed by atoms with E-state index in [-0.39, 0.29) is 0 Å². The number of carboxylic acid groups (broad SMARTS) is 1. The third kappa shape index (κ3) is 4.53. The molecule has 0 fully saturated rings. The third-order valence-corrected chi connectivity index (χ3v) is 6.03. The van der Waals surface area contributed by atoms with E-state index >= 15 is 0 Å². The molecule has 0 saturated carbocycles. The molecule has 1 unspecified atom stereocenters.